The van der Waals surface area contributed by atoms with Crippen LogP contribution in [0.5, 0.6) is 0 Å². The van der Waals surface area contributed by atoms with Gasteiger partial charge in [0.2, 0.25) is 0 Å². The van der Waals surface area contributed by atoms with Gasteiger partial charge in [0.05, 0.1) is 0 Å². The fourth-order valence-corrected chi connectivity index (χ4v) is 7.26. The Hall–Kier alpha value is -1.40. The molecule has 2 saturated heterocycles. The Balaban J connectivity index is 2.40. The van der Waals surface area contributed by atoms with Gasteiger partial charge in [-0.1, -0.05) is 0 Å². The van der Waals surface area contributed by atoms with E-state index < -0.39 is 70.3 Å². The van der Waals surface area contributed by atoms with Crippen LogP contribution >= 0.6 is 0 Å². The van der Waals surface area contributed by atoms with Gasteiger partial charge in [-0.05, 0) is 0 Å². The molecule has 12 nitrogen and oxygen atoms in total. The van der Waals surface area contributed by atoms with E-state index in [1.807, 2.05) is 0 Å². The molecule has 0 saturated carbocycles. The van der Waals surface area contributed by atoms with Crippen molar-refractivity contribution in [1.82, 2.24) is 0 Å². The number of carbonyl (C=O) groups is 4. The van der Waals surface area contributed by atoms with Crippen molar-refractivity contribution in [2.24, 2.45) is 0 Å². The minimum absolute atomic E-state index is 1.63. The molecule has 0 aliphatic carbocycles. The van der Waals surface area contributed by atoms with Gasteiger partial charge in [0.15, 0.2) is 0 Å². The molecule has 4 N–H and O–H groups in total. The van der Waals surface area contributed by atoms with Crippen LogP contribution in [0, 0.1) is 0 Å². The Morgan fingerprint density at radius 3 is 0.952 bits per heavy atom. The summed E-state index contributed by atoms with van der Waals surface area (Å²) in [5.41, 5.74) is 0. The molecule has 1 radical (unpaired) electrons. The standard InChI is InChI=1S/2C4H6O6.Bi/c2*5-1(3(7)8)2(6)4(9)10;/h2*1-2,5-6H,(H,7,8)(H,9,10);/q;;+4/p-4. The SMILES string of the molecule is O=C1[O][Bi]2([O]C(=O)C(O)C1O)[O]C(=O)C(O)C(O)C(=O)[O]2. The molecule has 2 rings (SSSR count). The summed E-state index contributed by atoms with van der Waals surface area (Å²) < 4.78 is 17.7. The van der Waals surface area contributed by atoms with Crippen LogP contribution in [-0.4, -0.2) is 90.7 Å². The summed E-state index contributed by atoms with van der Waals surface area (Å²) in [7, 11) is 0. The monoisotopic (exact) mass is 505 g/mol. The molecule has 0 aromatic rings. The molecule has 117 valence electrons. The fourth-order valence-electron chi connectivity index (χ4n) is 1.28. The maximum atomic E-state index is 11.4. The van der Waals surface area contributed by atoms with E-state index in [1.165, 1.54) is 0 Å². The molecule has 4 unspecified atom stereocenters. The van der Waals surface area contributed by atoms with E-state index in [1.54, 1.807) is 0 Å². The van der Waals surface area contributed by atoms with Crippen LogP contribution in [0.2, 0.25) is 0 Å². The fraction of sp³-hybridized carbons (Fsp3) is 0.500. The molecule has 21 heavy (non-hydrogen) atoms. The van der Waals surface area contributed by atoms with Crippen molar-refractivity contribution in [2.45, 2.75) is 24.4 Å². The normalized spacial score (nSPS) is 40.6. The Kier molecular flexibility index (Phi) is 4.13. The first-order valence-electron chi connectivity index (χ1n) is 5.22. The summed E-state index contributed by atoms with van der Waals surface area (Å²) >= 11 is -6.08. The van der Waals surface area contributed by atoms with E-state index in [0.717, 1.165) is 0 Å². The average molecular weight is 505 g/mol. The molecule has 0 aromatic carbocycles. The van der Waals surface area contributed by atoms with Gasteiger partial charge in [-0.25, -0.2) is 0 Å². The van der Waals surface area contributed by atoms with E-state index in [9.17, 15) is 39.6 Å². The van der Waals surface area contributed by atoms with Crippen molar-refractivity contribution >= 4 is 45.9 Å². The number of hydrogen-bond acceptors (Lipinski definition) is 12. The minimum atomic E-state index is -6.08. The second-order valence-corrected chi connectivity index (χ2v) is 10.2. The Labute approximate surface area is 121 Å². The Morgan fingerprint density at radius 2 is 0.762 bits per heavy atom. The van der Waals surface area contributed by atoms with Crippen LogP contribution in [0.3, 0.4) is 0 Å². The van der Waals surface area contributed by atoms with Gasteiger partial charge in [0, 0.05) is 0 Å². The van der Waals surface area contributed by atoms with Crippen LogP contribution in [0.15, 0.2) is 0 Å². The van der Waals surface area contributed by atoms with Crippen LogP contribution < -0.4 is 0 Å². The van der Waals surface area contributed by atoms with Gasteiger partial charge < -0.3 is 0 Å². The van der Waals surface area contributed by atoms with Crippen LogP contribution in [-0.2, 0) is 30.4 Å². The predicted molar refractivity (Wildman–Crippen MR) is 54.1 cm³/mol. The summed E-state index contributed by atoms with van der Waals surface area (Å²) in [4.78, 5) is 45.7. The van der Waals surface area contributed by atoms with Crippen molar-refractivity contribution < 1.29 is 50.9 Å². The van der Waals surface area contributed by atoms with Crippen molar-refractivity contribution in [3.8, 4) is 0 Å². The molecule has 13 heteroatoms. The molecule has 0 bridgehead atoms. The Morgan fingerprint density at radius 1 is 0.571 bits per heavy atom. The second-order valence-electron chi connectivity index (χ2n) is 3.87. The first kappa shape index (κ1) is 16.0. The Bertz CT molecular complexity index is 422. The van der Waals surface area contributed by atoms with Crippen LogP contribution in [0.4, 0.5) is 0 Å². The topological polar surface area (TPSA) is 186 Å². The third kappa shape index (κ3) is 2.83. The van der Waals surface area contributed by atoms with Gasteiger partial charge in [-0.2, -0.15) is 0 Å². The number of carbonyl (C=O) groups excluding carboxylic acids is 4. The summed E-state index contributed by atoms with van der Waals surface area (Å²) in [6.07, 6.45) is -9.37. The van der Waals surface area contributed by atoms with Gasteiger partial charge >= 0.3 is 121 Å². The van der Waals surface area contributed by atoms with Crippen molar-refractivity contribution in [2.75, 3.05) is 0 Å². The first-order chi connectivity index (χ1) is 9.67. The molecular formula is C8H8BiO12. The van der Waals surface area contributed by atoms with Gasteiger partial charge in [-0.15, -0.1) is 0 Å². The zero-order valence-corrected chi connectivity index (χ0v) is 13.3. The quantitative estimate of drug-likeness (QED) is 0.230. The van der Waals surface area contributed by atoms with Crippen molar-refractivity contribution in [3.63, 3.8) is 0 Å². The number of aliphatic hydroxyl groups excluding tert-OH is 4. The first-order valence-corrected chi connectivity index (χ1v) is 10.9. The molecule has 4 atom stereocenters. The molecule has 2 fully saturated rings. The van der Waals surface area contributed by atoms with Crippen molar-refractivity contribution in [1.29, 1.82) is 0 Å². The second kappa shape index (κ2) is 5.42. The van der Waals surface area contributed by atoms with E-state index in [0.29, 0.717) is 0 Å². The molecule has 0 amide bonds. The van der Waals surface area contributed by atoms with E-state index >= 15 is 0 Å². The number of rotatable bonds is 0. The van der Waals surface area contributed by atoms with Gasteiger partial charge in [-0.3, -0.25) is 0 Å². The third-order valence-corrected chi connectivity index (χ3v) is 8.65. The molecule has 0 aromatic heterocycles. The van der Waals surface area contributed by atoms with E-state index in [4.69, 9.17) is 0 Å². The van der Waals surface area contributed by atoms with E-state index in [2.05, 4.69) is 11.3 Å². The maximum absolute atomic E-state index is 11.4. The number of aliphatic hydroxyl groups is 4. The summed E-state index contributed by atoms with van der Waals surface area (Å²) in [6, 6.07) is 0. The van der Waals surface area contributed by atoms with Crippen LogP contribution in [0.1, 0.15) is 0 Å². The molecule has 2 aliphatic rings. The summed E-state index contributed by atoms with van der Waals surface area (Å²) in [5.74, 6) is -6.51. The number of hydrogen-bond donors (Lipinski definition) is 4. The summed E-state index contributed by atoms with van der Waals surface area (Å²) in [6.45, 7) is 0. The zero-order chi connectivity index (χ0) is 15.9. The van der Waals surface area contributed by atoms with E-state index in [-0.39, 0.29) is 0 Å². The molecule has 2 aliphatic heterocycles. The van der Waals surface area contributed by atoms with Crippen molar-refractivity contribution in [3.05, 3.63) is 0 Å². The summed E-state index contributed by atoms with van der Waals surface area (Å²) in [5, 5.41) is 37.0. The average Bonchev–Trinajstić information content (AvgIpc) is 2.53. The molecule has 1 spiro atoms. The van der Waals surface area contributed by atoms with Gasteiger partial charge in [0.25, 0.3) is 0 Å². The predicted octanol–water partition coefficient (Wildman–Crippen LogP) is -4.93. The molecular weight excluding hydrogens is 497 g/mol. The third-order valence-electron chi connectivity index (χ3n) is 2.37. The molecule has 2 heterocycles. The van der Waals surface area contributed by atoms with Gasteiger partial charge in [0.1, 0.15) is 0 Å². The van der Waals surface area contributed by atoms with Crippen LogP contribution in [0.25, 0.3) is 0 Å². The zero-order valence-electron chi connectivity index (χ0n) is 9.81.